The van der Waals surface area contributed by atoms with E-state index in [4.69, 9.17) is 27.1 Å². The van der Waals surface area contributed by atoms with E-state index in [0.29, 0.717) is 47.4 Å². The first-order valence-electron chi connectivity index (χ1n) is 15.5. The second kappa shape index (κ2) is 12.4. The number of rotatable bonds is 7. The molecule has 0 radical (unpaired) electrons. The minimum Gasteiger partial charge on any atom is -0.462 e. The van der Waals surface area contributed by atoms with Gasteiger partial charge in [-0.2, -0.15) is 15.1 Å². The maximum absolute atomic E-state index is 16.9. The molecule has 12 heteroatoms. The van der Waals surface area contributed by atoms with Crippen LogP contribution in [-0.2, 0) is 4.79 Å². The van der Waals surface area contributed by atoms with Crippen molar-refractivity contribution < 1.29 is 13.9 Å². The smallest absolute Gasteiger partial charge is 0.319 e. The van der Waals surface area contributed by atoms with Crippen LogP contribution in [0.1, 0.15) is 39.2 Å². The monoisotopic (exact) mass is 634 g/mol. The molecular weight excluding hydrogens is 595 g/mol. The summed E-state index contributed by atoms with van der Waals surface area (Å²) < 4.78 is 23.1. The molecule has 3 N–H and O–H groups in total. The van der Waals surface area contributed by atoms with Crippen molar-refractivity contribution in [2.75, 3.05) is 50.0 Å². The van der Waals surface area contributed by atoms with Crippen molar-refractivity contribution in [3.8, 4) is 17.1 Å². The third kappa shape index (κ3) is 5.79. The largest absolute Gasteiger partial charge is 0.462 e. The lowest BCUT2D eigenvalue weighted by molar-refractivity contribution is -0.128. The number of piperazine rings is 1. The lowest BCUT2D eigenvalue weighted by Crippen LogP contribution is -2.58. The van der Waals surface area contributed by atoms with E-state index in [9.17, 15) is 4.79 Å². The first-order valence-corrected chi connectivity index (χ1v) is 15.9. The van der Waals surface area contributed by atoms with Crippen molar-refractivity contribution in [3.05, 3.63) is 47.3 Å². The molecule has 2 aromatic heterocycles. The fraction of sp³-hybridized carbons (Fsp3) is 0.455. The number of benzene rings is 2. The SMILES string of the molecule is C=CC(=O)N1C[C@H](C)N(c2nc(OCCN3CCC(C)CC3)nc3c(F)c(-c4c(C)ccc5[nH]nc(N)c45)c(Cl)cc23)C[C@H]1C. The third-order valence-electron chi connectivity index (χ3n) is 9.29. The summed E-state index contributed by atoms with van der Waals surface area (Å²) in [5, 5.41) is 8.32. The summed E-state index contributed by atoms with van der Waals surface area (Å²) in [4.78, 5) is 28.3. The van der Waals surface area contributed by atoms with Crippen LogP contribution in [0.25, 0.3) is 32.9 Å². The zero-order chi connectivity index (χ0) is 32.0. The number of aryl methyl sites for hydroxylation is 1. The van der Waals surface area contributed by atoms with Crippen LogP contribution in [0.4, 0.5) is 16.0 Å². The average Bonchev–Trinajstić information content (AvgIpc) is 3.40. The van der Waals surface area contributed by atoms with Crippen LogP contribution in [0.3, 0.4) is 0 Å². The quantitative estimate of drug-likeness (QED) is 0.253. The number of fused-ring (bicyclic) bond motifs is 2. The summed E-state index contributed by atoms with van der Waals surface area (Å²) in [7, 11) is 0. The molecule has 0 saturated carbocycles. The van der Waals surface area contributed by atoms with Gasteiger partial charge < -0.3 is 20.3 Å². The first-order chi connectivity index (χ1) is 21.6. The number of ether oxygens (including phenoxy) is 1. The summed E-state index contributed by atoms with van der Waals surface area (Å²) in [6, 6.07) is 5.29. The van der Waals surface area contributed by atoms with Crippen molar-refractivity contribution in [3.63, 3.8) is 0 Å². The van der Waals surface area contributed by atoms with Gasteiger partial charge in [0.1, 0.15) is 17.9 Å². The van der Waals surface area contributed by atoms with Gasteiger partial charge in [-0.3, -0.25) is 14.8 Å². The zero-order valence-corrected chi connectivity index (χ0v) is 27.0. The number of nitrogens with one attached hydrogen (secondary N) is 1. The summed E-state index contributed by atoms with van der Waals surface area (Å²) in [5.74, 6) is 0.786. The highest BCUT2D eigenvalue weighted by molar-refractivity contribution is 6.35. The Hall–Kier alpha value is -3.96. The molecule has 2 saturated heterocycles. The van der Waals surface area contributed by atoms with Crippen molar-refractivity contribution in [1.82, 2.24) is 30.0 Å². The van der Waals surface area contributed by atoms with Gasteiger partial charge in [0, 0.05) is 48.2 Å². The van der Waals surface area contributed by atoms with Crippen LogP contribution in [0, 0.1) is 18.7 Å². The number of H-pyrrole nitrogens is 1. The van der Waals surface area contributed by atoms with E-state index in [0.717, 1.165) is 44.0 Å². The van der Waals surface area contributed by atoms with Gasteiger partial charge in [-0.25, -0.2) is 4.39 Å². The predicted molar refractivity (Wildman–Crippen MR) is 177 cm³/mol. The number of nitrogens with two attached hydrogens (primary N) is 1. The number of nitrogen functional groups attached to an aromatic ring is 1. The summed E-state index contributed by atoms with van der Waals surface area (Å²) in [6.07, 6.45) is 3.66. The van der Waals surface area contributed by atoms with E-state index in [2.05, 4.69) is 38.5 Å². The molecule has 4 heterocycles. The number of hydrogen-bond acceptors (Lipinski definition) is 8. The number of likely N-dealkylation sites (tertiary alicyclic amines) is 1. The van der Waals surface area contributed by atoms with Gasteiger partial charge in [0.15, 0.2) is 11.6 Å². The molecule has 10 nitrogen and oxygen atoms in total. The van der Waals surface area contributed by atoms with Crippen LogP contribution < -0.4 is 15.4 Å². The highest BCUT2D eigenvalue weighted by Crippen LogP contribution is 2.44. The molecule has 45 heavy (non-hydrogen) atoms. The van der Waals surface area contributed by atoms with Crippen molar-refractivity contribution in [1.29, 1.82) is 0 Å². The molecule has 238 valence electrons. The Morgan fingerprint density at radius 3 is 2.67 bits per heavy atom. The lowest BCUT2D eigenvalue weighted by atomic mass is 9.94. The highest BCUT2D eigenvalue weighted by Gasteiger charge is 2.34. The highest BCUT2D eigenvalue weighted by atomic mass is 35.5. The molecule has 4 aromatic rings. The Bertz CT molecular complexity index is 1770. The molecule has 6 rings (SSSR count). The van der Waals surface area contributed by atoms with Crippen molar-refractivity contribution in [2.45, 2.75) is 52.6 Å². The van der Waals surface area contributed by atoms with Crippen molar-refractivity contribution in [2.24, 2.45) is 5.92 Å². The average molecular weight is 635 g/mol. The molecule has 0 unspecified atom stereocenters. The number of halogens is 2. The maximum Gasteiger partial charge on any atom is 0.319 e. The van der Waals surface area contributed by atoms with Gasteiger partial charge in [-0.15, -0.1) is 0 Å². The van der Waals surface area contributed by atoms with Crippen LogP contribution in [0.15, 0.2) is 30.9 Å². The van der Waals surface area contributed by atoms with E-state index < -0.39 is 5.82 Å². The molecule has 2 aliphatic rings. The van der Waals surface area contributed by atoms with Crippen LogP contribution >= 0.6 is 11.6 Å². The van der Waals surface area contributed by atoms with E-state index in [1.165, 1.54) is 6.08 Å². The fourth-order valence-corrected chi connectivity index (χ4v) is 6.92. The topological polar surface area (TPSA) is 116 Å². The lowest BCUT2D eigenvalue weighted by Gasteiger charge is -2.44. The molecular formula is C33H40ClFN8O2. The predicted octanol–water partition coefficient (Wildman–Crippen LogP) is 5.58. The number of nitrogens with zero attached hydrogens (tertiary/aromatic N) is 6. The number of anilines is 2. The molecule has 2 fully saturated rings. The maximum atomic E-state index is 16.9. The van der Waals surface area contributed by atoms with E-state index in [-0.39, 0.29) is 45.9 Å². The zero-order valence-electron chi connectivity index (χ0n) is 26.2. The number of amides is 1. The number of piperidine rings is 1. The Balaban J connectivity index is 1.45. The van der Waals surface area contributed by atoms with Crippen LogP contribution in [-0.4, -0.2) is 87.3 Å². The Morgan fingerprint density at radius 1 is 1.18 bits per heavy atom. The Labute approximate surface area is 267 Å². The van der Waals surface area contributed by atoms with E-state index in [1.807, 2.05) is 32.9 Å². The summed E-state index contributed by atoms with van der Waals surface area (Å²) >= 11 is 6.93. The molecule has 0 spiro atoms. The molecule has 0 bridgehead atoms. The third-order valence-corrected chi connectivity index (χ3v) is 9.59. The number of carbonyl (C=O) groups is 1. The van der Waals surface area contributed by atoms with Gasteiger partial charge >= 0.3 is 6.01 Å². The molecule has 2 atom stereocenters. The van der Waals surface area contributed by atoms with E-state index in [1.54, 1.807) is 11.0 Å². The van der Waals surface area contributed by atoms with Gasteiger partial charge in [-0.1, -0.05) is 31.2 Å². The minimum absolute atomic E-state index is 0.0947. The second-order valence-corrected chi connectivity index (χ2v) is 12.9. The Kier molecular flexibility index (Phi) is 8.58. The number of aromatic amines is 1. The van der Waals surface area contributed by atoms with Crippen molar-refractivity contribution >= 4 is 50.9 Å². The van der Waals surface area contributed by atoms with Gasteiger partial charge in [0.2, 0.25) is 5.91 Å². The fourth-order valence-electron chi connectivity index (χ4n) is 6.63. The summed E-state index contributed by atoms with van der Waals surface area (Å²) in [6.45, 7) is 15.9. The summed E-state index contributed by atoms with van der Waals surface area (Å²) in [5.41, 5.74) is 8.57. The normalized spacial score (nSPS) is 19.9. The molecule has 0 aliphatic carbocycles. The van der Waals surface area contributed by atoms with Gasteiger partial charge in [0.05, 0.1) is 15.9 Å². The van der Waals surface area contributed by atoms with Gasteiger partial charge in [0.25, 0.3) is 0 Å². The molecule has 2 aliphatic heterocycles. The molecule has 1 amide bonds. The second-order valence-electron chi connectivity index (χ2n) is 12.5. The number of aromatic nitrogens is 4. The standard InChI is InChI=1S/C33H40ClFN8O2/c1-6-25(44)42-16-21(5)43(17-20(42)4)32-22-15-23(34)27(26-19(3)7-8-24-28(26)31(36)40-39-24)29(35)30(22)37-33(38-32)45-14-13-41-11-9-18(2)10-12-41/h6-8,15,18,20-21H,1,9-14,16-17H2,2-5H3,(H3,36,39,40)/t20-,21+/m1/s1. The number of hydrogen-bond donors (Lipinski definition) is 2. The van der Waals surface area contributed by atoms with Gasteiger partial charge in [-0.05, 0) is 76.4 Å². The van der Waals surface area contributed by atoms with Crippen LogP contribution in [0.5, 0.6) is 6.01 Å². The first kappa shape index (κ1) is 31.0. The molecule has 2 aromatic carbocycles. The minimum atomic E-state index is -0.589. The Morgan fingerprint density at radius 2 is 1.93 bits per heavy atom. The van der Waals surface area contributed by atoms with Crippen LogP contribution in [0.2, 0.25) is 5.02 Å². The van der Waals surface area contributed by atoms with E-state index >= 15 is 4.39 Å². The number of carbonyl (C=O) groups excluding carboxylic acids is 1.